The van der Waals surface area contributed by atoms with Crippen LogP contribution in [0.1, 0.15) is 22.3 Å². The topological polar surface area (TPSA) is 49.9 Å². The average Bonchev–Trinajstić information content (AvgIpc) is 2.35. The molecule has 2 rings (SSSR count). The zero-order valence-electron chi connectivity index (χ0n) is 10.4. The Morgan fingerprint density at radius 2 is 1.61 bits per heavy atom. The largest absolute Gasteiger partial charge is 0.398 e. The van der Waals surface area contributed by atoms with Crippen molar-refractivity contribution in [3.8, 4) is 0 Å². The SMILES string of the molecule is Cc1ccc(C(=N)c2ccc(I)c(N)c2)cc1C. The molecule has 0 radical (unpaired) electrons. The molecular formula is C15H15IN2. The van der Waals surface area contributed by atoms with Gasteiger partial charge in [0.1, 0.15) is 0 Å². The molecule has 0 saturated carbocycles. The van der Waals surface area contributed by atoms with Crippen LogP contribution in [-0.4, -0.2) is 5.71 Å². The molecule has 2 aromatic rings. The van der Waals surface area contributed by atoms with Crippen molar-refractivity contribution >= 4 is 34.0 Å². The van der Waals surface area contributed by atoms with Crippen LogP contribution in [0.25, 0.3) is 0 Å². The van der Waals surface area contributed by atoms with Crippen molar-refractivity contribution in [3.05, 3.63) is 62.2 Å². The number of halogens is 1. The van der Waals surface area contributed by atoms with E-state index in [-0.39, 0.29) is 0 Å². The number of nitrogen functional groups attached to an aromatic ring is 1. The molecular weight excluding hydrogens is 335 g/mol. The summed E-state index contributed by atoms with van der Waals surface area (Å²) in [6, 6.07) is 11.8. The van der Waals surface area contributed by atoms with Crippen molar-refractivity contribution in [2.24, 2.45) is 0 Å². The van der Waals surface area contributed by atoms with Gasteiger partial charge in [-0.1, -0.05) is 18.2 Å². The molecule has 0 aliphatic rings. The highest BCUT2D eigenvalue weighted by Crippen LogP contribution is 2.19. The smallest absolute Gasteiger partial charge is 0.0685 e. The van der Waals surface area contributed by atoms with E-state index in [1.807, 2.05) is 30.3 Å². The van der Waals surface area contributed by atoms with Crippen molar-refractivity contribution in [1.29, 1.82) is 5.41 Å². The molecule has 92 valence electrons. The summed E-state index contributed by atoms with van der Waals surface area (Å²) in [6.07, 6.45) is 0. The van der Waals surface area contributed by atoms with Crippen LogP contribution in [0.5, 0.6) is 0 Å². The predicted octanol–water partition coefficient (Wildman–Crippen LogP) is 3.91. The van der Waals surface area contributed by atoms with E-state index in [4.69, 9.17) is 11.1 Å². The summed E-state index contributed by atoms with van der Waals surface area (Å²) < 4.78 is 1.02. The summed E-state index contributed by atoms with van der Waals surface area (Å²) in [4.78, 5) is 0. The Morgan fingerprint density at radius 3 is 2.22 bits per heavy atom. The van der Waals surface area contributed by atoms with Gasteiger partial charge in [0.15, 0.2) is 0 Å². The van der Waals surface area contributed by atoms with E-state index in [0.29, 0.717) is 5.71 Å². The predicted molar refractivity (Wildman–Crippen MR) is 85.4 cm³/mol. The molecule has 0 bridgehead atoms. The Hall–Kier alpha value is -1.36. The number of nitrogens with one attached hydrogen (secondary N) is 1. The van der Waals surface area contributed by atoms with Gasteiger partial charge in [0.05, 0.1) is 5.71 Å². The van der Waals surface area contributed by atoms with Gasteiger partial charge in [0.2, 0.25) is 0 Å². The Kier molecular flexibility index (Phi) is 3.71. The molecule has 0 amide bonds. The molecule has 0 aliphatic heterocycles. The number of aryl methyl sites for hydroxylation is 2. The number of anilines is 1. The monoisotopic (exact) mass is 350 g/mol. The minimum Gasteiger partial charge on any atom is -0.398 e. The van der Waals surface area contributed by atoms with Crippen LogP contribution in [-0.2, 0) is 0 Å². The summed E-state index contributed by atoms with van der Waals surface area (Å²) in [6.45, 7) is 4.14. The fraction of sp³-hybridized carbons (Fsp3) is 0.133. The van der Waals surface area contributed by atoms with Crippen LogP contribution in [0.2, 0.25) is 0 Å². The average molecular weight is 350 g/mol. The third-order valence-corrected chi connectivity index (χ3v) is 4.06. The van der Waals surface area contributed by atoms with Gasteiger partial charge in [-0.25, -0.2) is 0 Å². The second-order valence-electron chi connectivity index (χ2n) is 4.41. The molecule has 0 aromatic heterocycles. The fourth-order valence-electron chi connectivity index (χ4n) is 1.76. The lowest BCUT2D eigenvalue weighted by Crippen LogP contribution is -2.03. The second kappa shape index (κ2) is 5.10. The van der Waals surface area contributed by atoms with E-state index in [2.05, 4.69) is 42.5 Å². The molecule has 2 nitrogen and oxygen atoms in total. The summed E-state index contributed by atoms with van der Waals surface area (Å²) in [5.41, 5.74) is 11.4. The first-order valence-corrected chi connectivity index (χ1v) is 6.78. The molecule has 2 aromatic carbocycles. The highest BCUT2D eigenvalue weighted by atomic mass is 127. The lowest BCUT2D eigenvalue weighted by atomic mass is 9.98. The van der Waals surface area contributed by atoms with Gasteiger partial charge in [0, 0.05) is 20.4 Å². The van der Waals surface area contributed by atoms with Crippen LogP contribution in [0, 0.1) is 22.8 Å². The number of hydrogen-bond acceptors (Lipinski definition) is 2. The highest BCUT2D eigenvalue weighted by molar-refractivity contribution is 14.1. The molecule has 0 fully saturated rings. The maximum atomic E-state index is 8.25. The Labute approximate surface area is 121 Å². The van der Waals surface area contributed by atoms with Crippen molar-refractivity contribution in [2.75, 3.05) is 5.73 Å². The molecule has 0 heterocycles. The zero-order valence-corrected chi connectivity index (χ0v) is 12.6. The van der Waals surface area contributed by atoms with Crippen LogP contribution in [0.3, 0.4) is 0 Å². The Morgan fingerprint density at radius 1 is 1.00 bits per heavy atom. The second-order valence-corrected chi connectivity index (χ2v) is 5.57. The van der Waals surface area contributed by atoms with Gasteiger partial charge < -0.3 is 5.73 Å². The van der Waals surface area contributed by atoms with Gasteiger partial charge in [-0.2, -0.15) is 0 Å². The number of rotatable bonds is 2. The van der Waals surface area contributed by atoms with Crippen LogP contribution in [0.4, 0.5) is 5.69 Å². The zero-order chi connectivity index (χ0) is 13.3. The van der Waals surface area contributed by atoms with E-state index in [9.17, 15) is 0 Å². The molecule has 0 aliphatic carbocycles. The standard InChI is InChI=1S/C15H15IN2/c1-9-3-4-11(7-10(9)2)15(18)12-5-6-13(16)14(17)8-12/h3-8,18H,17H2,1-2H3. The number of benzene rings is 2. The number of hydrogen-bond donors (Lipinski definition) is 2. The lowest BCUT2D eigenvalue weighted by Gasteiger charge is -2.08. The normalized spacial score (nSPS) is 10.4. The maximum Gasteiger partial charge on any atom is 0.0685 e. The summed E-state index contributed by atoms with van der Waals surface area (Å²) >= 11 is 2.19. The molecule has 0 atom stereocenters. The van der Waals surface area contributed by atoms with Gasteiger partial charge in [0.25, 0.3) is 0 Å². The molecule has 3 heteroatoms. The number of nitrogens with two attached hydrogens (primary N) is 1. The molecule has 0 spiro atoms. The van der Waals surface area contributed by atoms with E-state index >= 15 is 0 Å². The van der Waals surface area contributed by atoms with Crippen molar-refractivity contribution < 1.29 is 0 Å². The first-order valence-electron chi connectivity index (χ1n) is 5.70. The third-order valence-electron chi connectivity index (χ3n) is 3.08. The summed E-state index contributed by atoms with van der Waals surface area (Å²) in [5.74, 6) is 0. The Balaban J connectivity index is 2.41. The van der Waals surface area contributed by atoms with E-state index in [1.54, 1.807) is 0 Å². The first kappa shape index (κ1) is 13.1. The fourth-order valence-corrected chi connectivity index (χ4v) is 2.10. The van der Waals surface area contributed by atoms with Crippen LogP contribution >= 0.6 is 22.6 Å². The van der Waals surface area contributed by atoms with E-state index < -0.39 is 0 Å². The van der Waals surface area contributed by atoms with Gasteiger partial charge in [-0.3, -0.25) is 5.41 Å². The first-order chi connectivity index (χ1) is 8.49. The van der Waals surface area contributed by atoms with Crippen LogP contribution < -0.4 is 5.73 Å². The van der Waals surface area contributed by atoms with Crippen LogP contribution in [0.15, 0.2) is 36.4 Å². The van der Waals surface area contributed by atoms with Crippen molar-refractivity contribution in [2.45, 2.75) is 13.8 Å². The van der Waals surface area contributed by atoms with Crippen molar-refractivity contribution in [1.82, 2.24) is 0 Å². The highest BCUT2D eigenvalue weighted by Gasteiger charge is 2.07. The summed E-state index contributed by atoms with van der Waals surface area (Å²) in [5, 5.41) is 8.25. The lowest BCUT2D eigenvalue weighted by molar-refractivity contribution is 1.32. The van der Waals surface area contributed by atoms with Gasteiger partial charge in [-0.05, 0) is 65.8 Å². The maximum absolute atomic E-state index is 8.25. The minimum atomic E-state index is 0.515. The quantitative estimate of drug-likeness (QED) is 0.482. The molecule has 3 N–H and O–H groups in total. The summed E-state index contributed by atoms with van der Waals surface area (Å²) in [7, 11) is 0. The minimum absolute atomic E-state index is 0.515. The molecule has 18 heavy (non-hydrogen) atoms. The van der Waals surface area contributed by atoms with Crippen molar-refractivity contribution in [3.63, 3.8) is 0 Å². The molecule has 0 unspecified atom stereocenters. The van der Waals surface area contributed by atoms with E-state index in [0.717, 1.165) is 20.4 Å². The van der Waals surface area contributed by atoms with Gasteiger partial charge >= 0.3 is 0 Å². The van der Waals surface area contributed by atoms with Gasteiger partial charge in [-0.15, -0.1) is 0 Å². The Bertz CT molecular complexity index is 564. The van der Waals surface area contributed by atoms with E-state index in [1.165, 1.54) is 11.1 Å². The molecule has 0 saturated heterocycles. The third kappa shape index (κ3) is 2.56.